The highest BCUT2D eigenvalue weighted by Crippen LogP contribution is 2.40. The maximum Gasteiger partial charge on any atom is 0.257 e. The summed E-state index contributed by atoms with van der Waals surface area (Å²) in [6.07, 6.45) is 2.28. The summed E-state index contributed by atoms with van der Waals surface area (Å²) < 4.78 is 1.70. The van der Waals surface area contributed by atoms with Crippen molar-refractivity contribution in [3.8, 4) is 0 Å². The van der Waals surface area contributed by atoms with Crippen molar-refractivity contribution in [1.29, 1.82) is 0 Å². The average Bonchev–Trinajstić information content (AvgIpc) is 3.34. The average molecular weight is 346 g/mol. The van der Waals surface area contributed by atoms with E-state index in [2.05, 4.69) is 20.6 Å². The molecule has 3 aromatic heterocycles. The first-order valence-corrected chi connectivity index (χ1v) is 8.70. The number of para-hydroxylation sites is 1. The Kier molecular flexibility index (Phi) is 3.12. The number of benzene rings is 1. The lowest BCUT2D eigenvalue weighted by Gasteiger charge is -2.09. The number of pyridine rings is 1. The number of aromatic amines is 1. The molecule has 1 amide bonds. The van der Waals surface area contributed by atoms with Crippen LogP contribution in [0, 0.1) is 6.92 Å². The van der Waals surface area contributed by atoms with Crippen LogP contribution in [-0.4, -0.2) is 30.9 Å². The van der Waals surface area contributed by atoms with Gasteiger partial charge in [0.25, 0.3) is 5.91 Å². The number of nitrogens with one attached hydrogen (secondary N) is 2. The summed E-state index contributed by atoms with van der Waals surface area (Å²) in [5, 5.41) is 16.2. The third-order valence-electron chi connectivity index (χ3n) is 4.93. The second-order valence-electron chi connectivity index (χ2n) is 6.85. The summed E-state index contributed by atoms with van der Waals surface area (Å²) in [5.41, 5.74) is 4.04. The minimum atomic E-state index is -0.167. The smallest absolute Gasteiger partial charge is 0.257 e. The van der Waals surface area contributed by atoms with Gasteiger partial charge in [-0.1, -0.05) is 18.2 Å². The second kappa shape index (κ2) is 5.39. The Bertz CT molecular complexity index is 1170. The number of aryl methyl sites for hydroxylation is 2. The molecule has 1 fully saturated rings. The highest BCUT2D eigenvalue weighted by atomic mass is 16.1. The quantitative estimate of drug-likeness (QED) is 0.596. The van der Waals surface area contributed by atoms with Crippen molar-refractivity contribution < 1.29 is 4.79 Å². The van der Waals surface area contributed by atoms with Crippen LogP contribution in [0.1, 0.15) is 40.5 Å². The van der Waals surface area contributed by atoms with Crippen LogP contribution in [-0.2, 0) is 7.05 Å². The van der Waals surface area contributed by atoms with E-state index in [9.17, 15) is 4.79 Å². The Labute approximate surface area is 149 Å². The van der Waals surface area contributed by atoms with Gasteiger partial charge in [-0.2, -0.15) is 10.2 Å². The monoisotopic (exact) mass is 346 g/mol. The summed E-state index contributed by atoms with van der Waals surface area (Å²) in [4.78, 5) is 17.8. The van der Waals surface area contributed by atoms with Gasteiger partial charge in [-0.3, -0.25) is 14.9 Å². The molecule has 0 radical (unpaired) electrons. The summed E-state index contributed by atoms with van der Waals surface area (Å²) >= 11 is 0. The lowest BCUT2D eigenvalue weighted by Crippen LogP contribution is -2.14. The molecule has 7 nitrogen and oxygen atoms in total. The van der Waals surface area contributed by atoms with Gasteiger partial charge in [0.05, 0.1) is 22.2 Å². The first-order chi connectivity index (χ1) is 12.6. The van der Waals surface area contributed by atoms with Gasteiger partial charge in [-0.05, 0) is 31.9 Å². The molecule has 2 N–H and O–H groups in total. The van der Waals surface area contributed by atoms with E-state index in [0.717, 1.165) is 46.2 Å². The van der Waals surface area contributed by atoms with Gasteiger partial charge >= 0.3 is 0 Å². The fraction of sp³-hybridized carbons (Fsp3) is 0.263. The van der Waals surface area contributed by atoms with Crippen molar-refractivity contribution in [3.05, 3.63) is 47.3 Å². The number of aromatic nitrogens is 5. The van der Waals surface area contributed by atoms with E-state index in [1.165, 1.54) is 0 Å². The van der Waals surface area contributed by atoms with Crippen molar-refractivity contribution >= 4 is 33.7 Å². The molecule has 3 heterocycles. The number of amides is 1. The van der Waals surface area contributed by atoms with Crippen LogP contribution in [0.3, 0.4) is 0 Å². The Morgan fingerprint density at radius 2 is 2.12 bits per heavy atom. The van der Waals surface area contributed by atoms with Crippen molar-refractivity contribution in [2.24, 2.45) is 7.05 Å². The van der Waals surface area contributed by atoms with Gasteiger partial charge in [0.2, 0.25) is 0 Å². The van der Waals surface area contributed by atoms with Gasteiger partial charge in [0.15, 0.2) is 5.65 Å². The molecule has 0 spiro atoms. The van der Waals surface area contributed by atoms with E-state index in [1.807, 2.05) is 44.3 Å². The zero-order chi connectivity index (χ0) is 17.8. The molecule has 1 saturated carbocycles. The number of carbonyl (C=O) groups excluding carboxylic acids is 1. The molecular weight excluding hydrogens is 328 g/mol. The zero-order valence-corrected chi connectivity index (χ0v) is 14.6. The highest BCUT2D eigenvalue weighted by Gasteiger charge is 2.27. The number of H-pyrrole nitrogens is 1. The van der Waals surface area contributed by atoms with Gasteiger partial charge in [-0.25, -0.2) is 4.68 Å². The predicted octanol–water partition coefficient (Wildman–Crippen LogP) is 3.28. The van der Waals surface area contributed by atoms with Crippen molar-refractivity contribution in [3.63, 3.8) is 0 Å². The highest BCUT2D eigenvalue weighted by molar-refractivity contribution is 6.14. The van der Waals surface area contributed by atoms with E-state index in [4.69, 9.17) is 4.98 Å². The van der Waals surface area contributed by atoms with Crippen LogP contribution in [0.2, 0.25) is 0 Å². The van der Waals surface area contributed by atoms with Gasteiger partial charge in [0.1, 0.15) is 5.82 Å². The summed E-state index contributed by atoms with van der Waals surface area (Å²) in [5.74, 6) is 0.884. The molecule has 4 aromatic rings. The Hall–Kier alpha value is -3.22. The molecule has 0 atom stereocenters. The minimum absolute atomic E-state index is 0.167. The van der Waals surface area contributed by atoms with E-state index >= 15 is 0 Å². The molecule has 1 aliphatic rings. The Morgan fingerprint density at radius 3 is 2.92 bits per heavy atom. The fourth-order valence-electron chi connectivity index (χ4n) is 3.47. The van der Waals surface area contributed by atoms with Crippen LogP contribution < -0.4 is 5.32 Å². The Balaban J connectivity index is 1.59. The topological polar surface area (TPSA) is 88.5 Å². The van der Waals surface area contributed by atoms with Crippen LogP contribution in [0.15, 0.2) is 30.3 Å². The maximum absolute atomic E-state index is 13.1. The van der Waals surface area contributed by atoms with Crippen molar-refractivity contribution in [1.82, 2.24) is 25.0 Å². The largest absolute Gasteiger partial charge is 0.306 e. The van der Waals surface area contributed by atoms with E-state index in [0.29, 0.717) is 17.3 Å². The molecule has 0 saturated heterocycles. The van der Waals surface area contributed by atoms with Crippen LogP contribution in [0.5, 0.6) is 0 Å². The SMILES string of the molecule is Cc1nn(C)c2n[nH]c(NC(=O)c3cc(C4CC4)nc4ccccc34)c12. The molecule has 0 unspecified atom stereocenters. The number of hydrogen-bond acceptors (Lipinski definition) is 4. The third-order valence-corrected chi connectivity index (χ3v) is 4.93. The molecule has 0 bridgehead atoms. The van der Waals surface area contributed by atoms with Crippen molar-refractivity contribution in [2.45, 2.75) is 25.7 Å². The summed E-state index contributed by atoms with van der Waals surface area (Å²) in [6, 6.07) is 9.70. The molecule has 0 aliphatic heterocycles. The molecule has 1 aliphatic carbocycles. The molecule has 26 heavy (non-hydrogen) atoms. The molecule has 1 aromatic carbocycles. The lowest BCUT2D eigenvalue weighted by atomic mass is 10.1. The molecule has 130 valence electrons. The number of nitrogens with zero attached hydrogens (tertiary/aromatic N) is 4. The molecule has 7 heteroatoms. The normalized spacial score (nSPS) is 14.2. The van der Waals surface area contributed by atoms with Gasteiger partial charge < -0.3 is 5.32 Å². The summed E-state index contributed by atoms with van der Waals surface area (Å²) in [7, 11) is 1.83. The van der Waals surface area contributed by atoms with Crippen LogP contribution in [0.4, 0.5) is 5.82 Å². The van der Waals surface area contributed by atoms with E-state index in [-0.39, 0.29) is 5.91 Å². The number of anilines is 1. The number of fused-ring (bicyclic) bond motifs is 2. The zero-order valence-electron chi connectivity index (χ0n) is 14.6. The van der Waals surface area contributed by atoms with Crippen LogP contribution >= 0.6 is 0 Å². The fourth-order valence-corrected chi connectivity index (χ4v) is 3.47. The lowest BCUT2D eigenvalue weighted by molar-refractivity contribution is 0.102. The summed E-state index contributed by atoms with van der Waals surface area (Å²) in [6.45, 7) is 1.90. The van der Waals surface area contributed by atoms with E-state index < -0.39 is 0 Å². The van der Waals surface area contributed by atoms with Gasteiger partial charge in [-0.15, -0.1) is 0 Å². The molecule has 5 rings (SSSR count). The number of rotatable bonds is 3. The Morgan fingerprint density at radius 1 is 1.31 bits per heavy atom. The third kappa shape index (κ3) is 2.28. The maximum atomic E-state index is 13.1. The van der Waals surface area contributed by atoms with Gasteiger partial charge in [0, 0.05) is 24.0 Å². The van der Waals surface area contributed by atoms with Crippen LogP contribution in [0.25, 0.3) is 21.9 Å². The molecular formula is C19H18N6O. The number of hydrogen-bond donors (Lipinski definition) is 2. The minimum Gasteiger partial charge on any atom is -0.306 e. The first-order valence-electron chi connectivity index (χ1n) is 8.70. The predicted molar refractivity (Wildman–Crippen MR) is 99.3 cm³/mol. The van der Waals surface area contributed by atoms with Crippen molar-refractivity contribution in [2.75, 3.05) is 5.32 Å². The van der Waals surface area contributed by atoms with E-state index in [1.54, 1.807) is 4.68 Å². The standard InChI is InChI=1S/C19H18N6O/c1-10-16-17(22-23-18(16)25(2)24-10)21-19(26)13-9-15(11-7-8-11)20-14-6-4-3-5-12(13)14/h3-6,9,11H,7-8H2,1-2H3,(H2,21,22,23,26). The second-order valence-corrected chi connectivity index (χ2v) is 6.85. The first kappa shape index (κ1) is 15.1. The number of carbonyl (C=O) groups is 1.